The third-order valence-corrected chi connectivity index (χ3v) is 2.31. The van der Waals surface area contributed by atoms with Crippen molar-refractivity contribution in [3.8, 4) is 0 Å². The number of halogens is 2. The van der Waals surface area contributed by atoms with Crippen molar-refractivity contribution in [1.82, 2.24) is 5.32 Å². The summed E-state index contributed by atoms with van der Waals surface area (Å²) < 4.78 is 17.8. The van der Waals surface area contributed by atoms with Gasteiger partial charge in [0.05, 0.1) is 18.2 Å². The van der Waals surface area contributed by atoms with Crippen molar-refractivity contribution in [2.75, 3.05) is 32.1 Å². The second kappa shape index (κ2) is 7.09. The highest BCUT2D eigenvalue weighted by Crippen LogP contribution is 2.18. The molecule has 0 aliphatic heterocycles. The average Bonchev–Trinajstić information content (AvgIpc) is 2.31. The van der Waals surface area contributed by atoms with E-state index in [1.54, 1.807) is 13.2 Å². The van der Waals surface area contributed by atoms with Gasteiger partial charge in [0.15, 0.2) is 0 Å². The highest BCUT2D eigenvalue weighted by atomic mass is 35.5. The summed E-state index contributed by atoms with van der Waals surface area (Å²) in [4.78, 5) is 11.3. The maximum Gasteiger partial charge on any atom is 0.239 e. The normalized spacial score (nSPS) is 10.1. The van der Waals surface area contributed by atoms with Crippen LogP contribution in [0.3, 0.4) is 0 Å². The van der Waals surface area contributed by atoms with Gasteiger partial charge in [-0.2, -0.15) is 0 Å². The number of nitrogens with one attached hydrogen (secondary N) is 2. The van der Waals surface area contributed by atoms with Gasteiger partial charge >= 0.3 is 0 Å². The number of carbonyl (C=O) groups excluding carboxylic acids is 1. The summed E-state index contributed by atoms with van der Waals surface area (Å²) in [5.74, 6) is -0.700. The first-order chi connectivity index (χ1) is 8.13. The Labute approximate surface area is 104 Å². The van der Waals surface area contributed by atoms with Crippen molar-refractivity contribution in [2.45, 2.75) is 0 Å². The Morgan fingerprint density at radius 3 is 2.94 bits per heavy atom. The summed E-state index contributed by atoms with van der Waals surface area (Å²) >= 11 is 5.53. The highest BCUT2D eigenvalue weighted by Gasteiger charge is 2.03. The Morgan fingerprint density at radius 1 is 1.53 bits per heavy atom. The van der Waals surface area contributed by atoms with Crippen LogP contribution in [-0.4, -0.2) is 32.7 Å². The van der Waals surface area contributed by atoms with Crippen LogP contribution in [0.2, 0.25) is 5.02 Å². The summed E-state index contributed by atoms with van der Waals surface area (Å²) in [5.41, 5.74) is 0.508. The van der Waals surface area contributed by atoms with E-state index in [2.05, 4.69) is 10.6 Å². The molecule has 0 fully saturated rings. The SMILES string of the molecule is COCCNC(=O)CNc1ccc(Cl)c(F)c1. The van der Waals surface area contributed by atoms with E-state index in [0.717, 1.165) is 0 Å². The molecule has 4 nitrogen and oxygen atoms in total. The number of benzene rings is 1. The largest absolute Gasteiger partial charge is 0.383 e. The van der Waals surface area contributed by atoms with Gasteiger partial charge in [0.25, 0.3) is 0 Å². The van der Waals surface area contributed by atoms with E-state index in [9.17, 15) is 9.18 Å². The average molecular weight is 261 g/mol. The Morgan fingerprint density at radius 2 is 2.29 bits per heavy atom. The molecule has 0 bridgehead atoms. The van der Waals surface area contributed by atoms with Gasteiger partial charge in [-0.3, -0.25) is 4.79 Å². The Hall–Kier alpha value is -1.33. The molecule has 94 valence electrons. The van der Waals surface area contributed by atoms with Gasteiger partial charge in [-0.05, 0) is 18.2 Å². The van der Waals surface area contributed by atoms with Crippen LogP contribution in [0.15, 0.2) is 18.2 Å². The van der Waals surface area contributed by atoms with Crippen LogP contribution in [0.4, 0.5) is 10.1 Å². The van der Waals surface area contributed by atoms with Gasteiger partial charge in [0.1, 0.15) is 5.82 Å². The van der Waals surface area contributed by atoms with E-state index in [0.29, 0.717) is 18.8 Å². The molecular formula is C11H14ClFN2O2. The fraction of sp³-hybridized carbons (Fsp3) is 0.364. The maximum atomic E-state index is 13.1. The highest BCUT2D eigenvalue weighted by molar-refractivity contribution is 6.30. The minimum Gasteiger partial charge on any atom is -0.383 e. The molecule has 1 aromatic carbocycles. The zero-order valence-corrected chi connectivity index (χ0v) is 10.2. The molecular weight excluding hydrogens is 247 g/mol. The van der Waals surface area contributed by atoms with Gasteiger partial charge in [-0.15, -0.1) is 0 Å². The van der Waals surface area contributed by atoms with Crippen LogP contribution < -0.4 is 10.6 Å². The lowest BCUT2D eigenvalue weighted by atomic mass is 10.3. The topological polar surface area (TPSA) is 50.4 Å². The van der Waals surface area contributed by atoms with Gasteiger partial charge in [0, 0.05) is 19.3 Å². The number of hydrogen-bond acceptors (Lipinski definition) is 3. The molecule has 0 aromatic heterocycles. The first kappa shape index (κ1) is 13.7. The number of hydrogen-bond donors (Lipinski definition) is 2. The zero-order chi connectivity index (χ0) is 12.7. The lowest BCUT2D eigenvalue weighted by Gasteiger charge is -2.07. The van der Waals surface area contributed by atoms with E-state index in [4.69, 9.17) is 16.3 Å². The molecule has 1 rings (SSSR count). The lowest BCUT2D eigenvalue weighted by Crippen LogP contribution is -2.32. The first-order valence-electron chi connectivity index (χ1n) is 5.08. The molecule has 1 aromatic rings. The van der Waals surface area contributed by atoms with Crippen LogP contribution in [0, 0.1) is 5.82 Å². The molecule has 2 N–H and O–H groups in total. The van der Waals surface area contributed by atoms with Gasteiger partial charge in [-0.25, -0.2) is 4.39 Å². The molecule has 0 atom stereocenters. The molecule has 0 aliphatic carbocycles. The van der Waals surface area contributed by atoms with Gasteiger partial charge in [0.2, 0.25) is 5.91 Å². The standard InChI is InChI=1S/C11H14ClFN2O2/c1-17-5-4-14-11(16)7-15-8-2-3-9(12)10(13)6-8/h2-3,6,15H,4-5,7H2,1H3,(H,14,16). The van der Waals surface area contributed by atoms with Crippen molar-refractivity contribution >= 4 is 23.2 Å². The number of rotatable bonds is 6. The number of methoxy groups -OCH3 is 1. The van der Waals surface area contributed by atoms with Crippen LogP contribution in [-0.2, 0) is 9.53 Å². The summed E-state index contributed by atoms with van der Waals surface area (Å²) in [5, 5.41) is 5.48. The van der Waals surface area contributed by atoms with Gasteiger partial charge < -0.3 is 15.4 Å². The second-order valence-corrected chi connectivity index (χ2v) is 3.73. The van der Waals surface area contributed by atoms with Crippen LogP contribution >= 0.6 is 11.6 Å². The molecule has 0 heterocycles. The molecule has 0 spiro atoms. The Balaban J connectivity index is 2.34. The molecule has 0 radical (unpaired) electrons. The maximum absolute atomic E-state index is 13.1. The van der Waals surface area contributed by atoms with E-state index in [1.807, 2.05) is 0 Å². The molecule has 1 amide bonds. The zero-order valence-electron chi connectivity index (χ0n) is 9.43. The third kappa shape index (κ3) is 5.01. The van der Waals surface area contributed by atoms with Crippen molar-refractivity contribution in [1.29, 1.82) is 0 Å². The van der Waals surface area contributed by atoms with E-state index < -0.39 is 5.82 Å². The Bertz CT molecular complexity index is 388. The smallest absolute Gasteiger partial charge is 0.239 e. The van der Waals surface area contributed by atoms with Crippen LogP contribution in [0.25, 0.3) is 0 Å². The predicted octanol–water partition coefficient (Wildman–Crippen LogP) is 1.65. The number of ether oxygens (including phenoxy) is 1. The number of anilines is 1. The fourth-order valence-electron chi connectivity index (χ4n) is 1.14. The third-order valence-electron chi connectivity index (χ3n) is 2.00. The molecule has 0 unspecified atom stereocenters. The minimum absolute atomic E-state index is 0.0556. The minimum atomic E-state index is -0.517. The van der Waals surface area contributed by atoms with E-state index >= 15 is 0 Å². The lowest BCUT2D eigenvalue weighted by molar-refractivity contribution is -0.119. The quantitative estimate of drug-likeness (QED) is 0.765. The molecule has 0 saturated heterocycles. The fourth-order valence-corrected chi connectivity index (χ4v) is 1.26. The first-order valence-corrected chi connectivity index (χ1v) is 5.46. The Kier molecular flexibility index (Phi) is 5.72. The molecule has 6 heteroatoms. The van der Waals surface area contributed by atoms with Crippen molar-refractivity contribution in [3.63, 3.8) is 0 Å². The molecule has 17 heavy (non-hydrogen) atoms. The van der Waals surface area contributed by atoms with Crippen molar-refractivity contribution < 1.29 is 13.9 Å². The summed E-state index contributed by atoms with van der Waals surface area (Å²) in [6.45, 7) is 0.984. The van der Waals surface area contributed by atoms with Gasteiger partial charge in [-0.1, -0.05) is 11.6 Å². The number of carbonyl (C=O) groups is 1. The summed E-state index contributed by atoms with van der Waals surface area (Å²) in [7, 11) is 1.56. The molecule has 0 saturated carbocycles. The number of amides is 1. The predicted molar refractivity (Wildman–Crippen MR) is 64.8 cm³/mol. The molecule has 0 aliphatic rings. The monoisotopic (exact) mass is 260 g/mol. The van der Waals surface area contributed by atoms with Crippen LogP contribution in [0.5, 0.6) is 0 Å². The summed E-state index contributed by atoms with van der Waals surface area (Å²) in [6, 6.07) is 4.28. The van der Waals surface area contributed by atoms with E-state index in [1.165, 1.54) is 12.1 Å². The van der Waals surface area contributed by atoms with E-state index in [-0.39, 0.29) is 17.5 Å². The van der Waals surface area contributed by atoms with Crippen molar-refractivity contribution in [2.24, 2.45) is 0 Å². The van der Waals surface area contributed by atoms with Crippen LogP contribution in [0.1, 0.15) is 0 Å². The summed E-state index contributed by atoms with van der Waals surface area (Å²) in [6.07, 6.45) is 0. The van der Waals surface area contributed by atoms with Crippen molar-refractivity contribution in [3.05, 3.63) is 29.0 Å². The second-order valence-electron chi connectivity index (χ2n) is 3.33.